The van der Waals surface area contributed by atoms with E-state index in [9.17, 15) is 0 Å². The van der Waals surface area contributed by atoms with Crippen LogP contribution >= 0.6 is 139 Å². The Bertz CT molecular complexity index is 844. The fourth-order valence-corrected chi connectivity index (χ4v) is 7.28. The lowest BCUT2D eigenvalue weighted by Gasteiger charge is -2.43. The molecular weight excluding hydrogens is 778 g/mol. The Balaban J connectivity index is 4.91. The second-order valence-electron chi connectivity index (χ2n) is 8.91. The van der Waals surface area contributed by atoms with Crippen molar-refractivity contribution < 1.29 is 0 Å². The normalized spacial score (nSPS) is 17.5. The van der Waals surface area contributed by atoms with Crippen molar-refractivity contribution in [1.29, 1.82) is 0 Å². The maximum absolute atomic E-state index is 7.09. The van der Waals surface area contributed by atoms with Crippen LogP contribution in [0.2, 0.25) is 0 Å². The maximum Gasteiger partial charge on any atom is 0.156 e. The van der Waals surface area contributed by atoms with E-state index in [1.165, 1.54) is 0 Å². The first-order valence-electron chi connectivity index (χ1n) is 11.5. The van der Waals surface area contributed by atoms with E-state index < -0.39 is 37.3 Å². The molecule has 0 heterocycles. The van der Waals surface area contributed by atoms with Crippen molar-refractivity contribution in [2.24, 2.45) is 0 Å². The zero-order chi connectivity index (χ0) is 28.6. The third kappa shape index (κ3) is 7.55. The van der Waals surface area contributed by atoms with Gasteiger partial charge in [-0.15, -0.1) is 46.4 Å². The third-order valence-corrected chi connectivity index (χ3v) is 18.8. The molecule has 0 aliphatic carbocycles. The number of hydrogen-bond acceptors (Lipinski definition) is 0. The summed E-state index contributed by atoms with van der Waals surface area (Å²) in [6.45, 7) is 4.07. The van der Waals surface area contributed by atoms with Gasteiger partial charge in [0.1, 0.15) is 0 Å². The van der Waals surface area contributed by atoms with E-state index in [2.05, 4.69) is 0 Å². The summed E-state index contributed by atoms with van der Waals surface area (Å²) in [6, 6.07) is 0. The van der Waals surface area contributed by atoms with Crippen molar-refractivity contribution >= 4 is 180 Å². The predicted molar refractivity (Wildman–Crippen MR) is 186 cm³/mol. The lowest BCUT2D eigenvalue weighted by atomic mass is 9.78. The molecule has 4 atom stereocenters. The molecule has 0 saturated heterocycles. The summed E-state index contributed by atoms with van der Waals surface area (Å²) in [5.41, 5.74) is 3.04. The first-order chi connectivity index (χ1) is 16.2. The summed E-state index contributed by atoms with van der Waals surface area (Å²) in [6.07, 6.45) is 2.63. The molecule has 0 spiro atoms. The van der Waals surface area contributed by atoms with Gasteiger partial charge in [-0.2, -0.15) is 0 Å². The van der Waals surface area contributed by atoms with Gasteiger partial charge in [0, 0.05) is 52.1 Å². The minimum Gasteiger partial charge on any atom is -0.124 e. The fourth-order valence-electron chi connectivity index (χ4n) is 4.10. The largest absolute Gasteiger partial charge is 0.156 e. The van der Waals surface area contributed by atoms with Gasteiger partial charge in [0.2, 0.25) is 0 Å². The van der Waals surface area contributed by atoms with Gasteiger partial charge in [-0.05, 0) is 35.1 Å². The molecule has 1 aromatic carbocycles. The average molecular weight is 808 g/mol. The maximum atomic E-state index is 7.09. The van der Waals surface area contributed by atoms with Crippen molar-refractivity contribution in [3.8, 4) is 0 Å². The van der Waals surface area contributed by atoms with Crippen molar-refractivity contribution in [1.82, 2.24) is 0 Å². The Hall–Kier alpha value is 3.57. The Morgan fingerprint density at radius 1 is 0.472 bits per heavy atom. The zero-order valence-electron chi connectivity index (χ0n) is 20.7. The summed E-state index contributed by atoms with van der Waals surface area (Å²) < 4.78 is -6.62. The summed E-state index contributed by atoms with van der Waals surface area (Å²) in [5, 5.41) is -2.68. The van der Waals surface area contributed by atoms with Crippen LogP contribution in [0.5, 0.6) is 0 Å². The first kappa shape index (κ1) is 37.6. The second kappa shape index (κ2) is 14.4. The highest BCUT2D eigenvalue weighted by Crippen LogP contribution is 2.60. The molecule has 0 nitrogen and oxygen atoms in total. The van der Waals surface area contributed by atoms with Gasteiger partial charge in [0.05, 0.1) is 20.0 Å². The smallest absolute Gasteiger partial charge is 0.124 e. The fraction of sp³-hybridized carbons (Fsp3) is 0.700. The highest BCUT2D eigenvalue weighted by atomic mass is 35.5. The molecule has 0 fully saturated rings. The summed E-state index contributed by atoms with van der Waals surface area (Å²) >= 11 is 83.3. The van der Waals surface area contributed by atoms with Crippen LogP contribution in [0.15, 0.2) is 0 Å². The second-order valence-corrected chi connectivity index (χ2v) is 24.6. The summed E-state index contributed by atoms with van der Waals surface area (Å²) in [5.74, 6) is 0. The zero-order valence-corrected chi connectivity index (χ0v) is 37.7. The highest BCUT2D eigenvalue weighted by Gasteiger charge is 2.53. The van der Waals surface area contributed by atoms with E-state index in [0.717, 1.165) is 24.0 Å². The molecule has 0 saturated carbocycles. The van der Waals surface area contributed by atoms with Gasteiger partial charge < -0.3 is 0 Å². The van der Waals surface area contributed by atoms with Crippen molar-refractivity contribution in [2.75, 3.05) is 0 Å². The molecule has 0 N–H and O–H groups in total. The topological polar surface area (TPSA) is 0 Å². The Morgan fingerprint density at radius 3 is 0.833 bits per heavy atom. The molecule has 0 aliphatic heterocycles. The number of rotatable bonds is 12. The molecular formula is C20H30Cl12Si4. The number of alkyl halides is 12. The molecule has 1 rings (SSSR count). The van der Waals surface area contributed by atoms with Crippen molar-refractivity contribution in [2.45, 2.75) is 76.9 Å². The van der Waals surface area contributed by atoms with Crippen LogP contribution in [0.1, 0.15) is 60.1 Å². The molecule has 36 heavy (non-hydrogen) atoms. The van der Waals surface area contributed by atoms with Crippen LogP contribution in [0.25, 0.3) is 0 Å². The molecule has 0 aromatic heterocycles. The van der Waals surface area contributed by atoms with Gasteiger partial charge in [0.25, 0.3) is 0 Å². The van der Waals surface area contributed by atoms with Gasteiger partial charge in [-0.3, -0.25) is 0 Å². The lowest BCUT2D eigenvalue weighted by molar-refractivity contribution is 0.726. The SMILES string of the molecule is CCCc1c(CCC)c(C(Cl)(Cl)C([SiH3])Cl)c(C(Cl)(Cl)C([SiH3])Cl)c(C(Cl)(Cl)C([SiH3])Cl)c1C(Cl)(Cl)C([SiH3])Cl. The minimum absolute atomic E-state index is 0.266. The molecule has 0 aliphatic rings. The molecule has 0 bridgehead atoms. The average Bonchev–Trinajstić information content (AvgIpc) is 2.73. The van der Waals surface area contributed by atoms with Gasteiger partial charge in [-0.25, -0.2) is 0 Å². The molecule has 0 radical (unpaired) electrons. The minimum atomic E-state index is -1.72. The Kier molecular flexibility index (Phi) is 15.0. The van der Waals surface area contributed by atoms with E-state index >= 15 is 0 Å². The van der Waals surface area contributed by atoms with Crippen LogP contribution in [-0.2, 0) is 30.2 Å². The van der Waals surface area contributed by atoms with Crippen LogP contribution < -0.4 is 0 Å². The lowest BCUT2D eigenvalue weighted by Crippen LogP contribution is -2.41. The number of benzene rings is 1. The van der Waals surface area contributed by atoms with E-state index in [-0.39, 0.29) is 11.1 Å². The molecule has 4 unspecified atom stereocenters. The molecule has 210 valence electrons. The number of halogens is 12. The van der Waals surface area contributed by atoms with Crippen LogP contribution in [0.3, 0.4) is 0 Å². The van der Waals surface area contributed by atoms with Crippen LogP contribution in [0.4, 0.5) is 0 Å². The van der Waals surface area contributed by atoms with Crippen molar-refractivity contribution in [3.05, 3.63) is 33.4 Å². The van der Waals surface area contributed by atoms with Crippen LogP contribution in [-0.4, -0.2) is 61.0 Å². The number of hydrogen-bond donors (Lipinski definition) is 0. The summed E-state index contributed by atoms with van der Waals surface area (Å²) in [4.78, 5) is 0. The molecule has 0 amide bonds. The van der Waals surface area contributed by atoms with Gasteiger partial charge in [-0.1, -0.05) is 119 Å². The predicted octanol–water partition coefficient (Wildman–Crippen LogP) is 5.83. The Labute approximate surface area is 287 Å². The van der Waals surface area contributed by atoms with E-state index in [4.69, 9.17) is 139 Å². The monoisotopic (exact) mass is 802 g/mol. The van der Waals surface area contributed by atoms with Gasteiger partial charge in [0.15, 0.2) is 17.3 Å². The van der Waals surface area contributed by atoms with E-state index in [1.54, 1.807) is 0 Å². The van der Waals surface area contributed by atoms with E-state index in [1.807, 2.05) is 13.8 Å². The summed E-state index contributed by atoms with van der Waals surface area (Å²) in [7, 11) is 1.71. The Morgan fingerprint density at radius 2 is 0.667 bits per heavy atom. The quantitative estimate of drug-likeness (QED) is 0.184. The first-order valence-corrected chi connectivity index (χ1v) is 20.9. The standard InChI is InChI=1S/C20H30Cl12Si4/c1-3-5-7-8(6-4-2)10(18(27,28)14(22)34)12(20(31,32)16(24)36)11(19(29,30)15(23)35)9(7)17(25,26)13(21)33/h13-16H,3-6H2,1-2,33-36H3. The van der Waals surface area contributed by atoms with E-state index in [0.29, 0.717) is 64.9 Å². The molecule has 16 heteroatoms. The highest BCUT2D eigenvalue weighted by molar-refractivity contribution is 6.62. The molecule has 1 aromatic rings. The van der Waals surface area contributed by atoms with Crippen molar-refractivity contribution in [3.63, 3.8) is 0 Å². The third-order valence-electron chi connectivity index (χ3n) is 6.05. The van der Waals surface area contributed by atoms with Crippen LogP contribution in [0, 0.1) is 0 Å². The van der Waals surface area contributed by atoms with Gasteiger partial charge >= 0.3 is 0 Å².